The molecule has 0 fully saturated rings. The van der Waals surface area contributed by atoms with E-state index in [0.717, 1.165) is 28.3 Å². The van der Waals surface area contributed by atoms with Gasteiger partial charge in [-0.25, -0.2) is 4.68 Å². The van der Waals surface area contributed by atoms with Crippen molar-refractivity contribution < 1.29 is 4.79 Å². The third kappa shape index (κ3) is 3.85. The predicted octanol–water partition coefficient (Wildman–Crippen LogP) is 4.93. The number of anilines is 2. The van der Waals surface area contributed by atoms with Crippen LogP contribution in [-0.2, 0) is 4.79 Å². The van der Waals surface area contributed by atoms with Crippen molar-refractivity contribution >= 4 is 29.3 Å². The number of nitrogens with one attached hydrogen (secondary N) is 2. The molecule has 1 aliphatic rings. The lowest BCUT2D eigenvalue weighted by Gasteiger charge is -2.29. The van der Waals surface area contributed by atoms with Crippen LogP contribution in [0.15, 0.2) is 65.0 Å². The van der Waals surface area contributed by atoms with Crippen LogP contribution < -0.4 is 10.6 Å². The zero-order valence-corrected chi connectivity index (χ0v) is 18.4. The van der Waals surface area contributed by atoms with Crippen molar-refractivity contribution in [2.75, 3.05) is 16.4 Å². The molecule has 1 aromatic heterocycles. The number of aromatic nitrogens is 3. The number of para-hydroxylation sites is 1. The minimum atomic E-state index is -0.357. The van der Waals surface area contributed by atoms with Gasteiger partial charge in [-0.15, -0.1) is 5.10 Å². The molecule has 0 saturated heterocycles. The molecule has 0 aliphatic carbocycles. The molecule has 2 heterocycles. The Bertz CT molecular complexity index is 1120. The van der Waals surface area contributed by atoms with E-state index in [-0.39, 0.29) is 11.9 Å². The molecule has 0 radical (unpaired) electrons. The highest BCUT2D eigenvalue weighted by Gasteiger charge is 2.34. The Morgan fingerprint density at radius 2 is 1.87 bits per heavy atom. The van der Waals surface area contributed by atoms with Gasteiger partial charge in [0.05, 0.1) is 5.57 Å². The van der Waals surface area contributed by atoms with Gasteiger partial charge in [0.1, 0.15) is 6.04 Å². The van der Waals surface area contributed by atoms with Crippen molar-refractivity contribution in [2.45, 2.75) is 38.9 Å². The first-order chi connectivity index (χ1) is 14.5. The highest BCUT2D eigenvalue weighted by Crippen LogP contribution is 2.36. The summed E-state index contributed by atoms with van der Waals surface area (Å²) in [5.74, 6) is 1.39. The van der Waals surface area contributed by atoms with E-state index >= 15 is 0 Å². The molecule has 3 aromatic rings. The SMILES string of the molecule is CCSc1nc2n(n1)[C@@H](c1ccc(C)cc1)C(C(=O)Nc1ccccc1C)=C(C)N2. The van der Waals surface area contributed by atoms with Gasteiger partial charge in [-0.2, -0.15) is 4.98 Å². The molecule has 1 amide bonds. The van der Waals surface area contributed by atoms with Crippen LogP contribution in [0.4, 0.5) is 11.6 Å². The lowest BCUT2D eigenvalue weighted by Crippen LogP contribution is -2.31. The van der Waals surface area contributed by atoms with Crippen LogP contribution in [0.25, 0.3) is 0 Å². The molecule has 6 nitrogen and oxygen atoms in total. The first kappa shape index (κ1) is 20.2. The summed E-state index contributed by atoms with van der Waals surface area (Å²) in [5.41, 5.74) is 5.39. The number of rotatable bonds is 5. The highest BCUT2D eigenvalue weighted by molar-refractivity contribution is 7.99. The van der Waals surface area contributed by atoms with Gasteiger partial charge in [0.25, 0.3) is 5.91 Å². The average molecular weight is 420 g/mol. The molecule has 0 spiro atoms. The van der Waals surface area contributed by atoms with E-state index in [4.69, 9.17) is 5.10 Å². The van der Waals surface area contributed by atoms with Gasteiger partial charge in [-0.05, 0) is 43.7 Å². The minimum Gasteiger partial charge on any atom is -0.328 e. The van der Waals surface area contributed by atoms with Gasteiger partial charge in [0, 0.05) is 11.4 Å². The summed E-state index contributed by atoms with van der Waals surface area (Å²) >= 11 is 1.58. The van der Waals surface area contributed by atoms with Gasteiger partial charge in [0.15, 0.2) is 0 Å². The Morgan fingerprint density at radius 1 is 1.13 bits per heavy atom. The maximum absolute atomic E-state index is 13.4. The number of nitrogens with zero attached hydrogens (tertiary/aromatic N) is 3. The zero-order valence-electron chi connectivity index (χ0n) is 17.6. The Kier molecular flexibility index (Phi) is 5.63. The van der Waals surface area contributed by atoms with Crippen LogP contribution in [0.5, 0.6) is 0 Å². The molecule has 2 N–H and O–H groups in total. The predicted molar refractivity (Wildman–Crippen MR) is 122 cm³/mol. The summed E-state index contributed by atoms with van der Waals surface area (Å²) in [5, 5.41) is 11.8. The Morgan fingerprint density at radius 3 is 2.57 bits per heavy atom. The summed E-state index contributed by atoms with van der Waals surface area (Å²) < 4.78 is 1.82. The van der Waals surface area contributed by atoms with Crippen LogP contribution in [-0.4, -0.2) is 26.4 Å². The highest BCUT2D eigenvalue weighted by atomic mass is 32.2. The Balaban J connectivity index is 1.78. The number of thioether (sulfide) groups is 1. The number of carbonyl (C=O) groups is 1. The molecule has 2 aromatic carbocycles. The van der Waals surface area contributed by atoms with Crippen molar-refractivity contribution in [3.63, 3.8) is 0 Å². The number of allylic oxidation sites excluding steroid dienone is 1. The van der Waals surface area contributed by atoms with Crippen molar-refractivity contribution in [1.82, 2.24) is 14.8 Å². The fraction of sp³-hybridized carbons (Fsp3) is 0.261. The van der Waals surface area contributed by atoms with Gasteiger partial charge in [-0.3, -0.25) is 4.79 Å². The number of hydrogen-bond donors (Lipinski definition) is 2. The second-order valence-corrected chi connectivity index (χ2v) is 8.57. The van der Waals surface area contributed by atoms with Gasteiger partial charge >= 0.3 is 0 Å². The maximum Gasteiger partial charge on any atom is 0.255 e. The maximum atomic E-state index is 13.4. The molecular formula is C23H25N5OS. The quantitative estimate of drug-likeness (QED) is 0.574. The molecule has 7 heteroatoms. The summed E-state index contributed by atoms with van der Waals surface area (Å²) in [6.45, 7) is 8.02. The Labute approximate surface area is 180 Å². The van der Waals surface area contributed by atoms with Gasteiger partial charge in [-0.1, -0.05) is 66.7 Å². The fourth-order valence-corrected chi connectivity index (χ4v) is 4.13. The smallest absolute Gasteiger partial charge is 0.255 e. The fourth-order valence-electron chi connectivity index (χ4n) is 3.58. The third-order valence-corrected chi connectivity index (χ3v) is 5.86. The number of aryl methyl sites for hydroxylation is 2. The topological polar surface area (TPSA) is 71.8 Å². The van der Waals surface area contributed by atoms with Crippen molar-refractivity contribution in [3.8, 4) is 0 Å². The van der Waals surface area contributed by atoms with E-state index in [0.29, 0.717) is 16.7 Å². The second-order valence-electron chi connectivity index (χ2n) is 7.34. The molecule has 0 unspecified atom stereocenters. The molecule has 154 valence electrons. The van der Waals surface area contributed by atoms with E-state index in [2.05, 4.69) is 53.7 Å². The molecule has 30 heavy (non-hydrogen) atoms. The van der Waals surface area contributed by atoms with E-state index < -0.39 is 0 Å². The normalized spacial score (nSPS) is 15.5. The molecular weight excluding hydrogens is 394 g/mol. The van der Waals surface area contributed by atoms with E-state index in [1.807, 2.05) is 42.8 Å². The lowest BCUT2D eigenvalue weighted by molar-refractivity contribution is -0.113. The van der Waals surface area contributed by atoms with Crippen molar-refractivity contribution in [1.29, 1.82) is 0 Å². The lowest BCUT2D eigenvalue weighted by atomic mass is 9.94. The van der Waals surface area contributed by atoms with Crippen LogP contribution >= 0.6 is 11.8 Å². The van der Waals surface area contributed by atoms with Crippen molar-refractivity contribution in [2.24, 2.45) is 0 Å². The summed E-state index contributed by atoms with van der Waals surface area (Å²) in [4.78, 5) is 18.1. The molecule has 0 saturated carbocycles. The van der Waals surface area contributed by atoms with E-state index in [9.17, 15) is 4.79 Å². The Hall–Kier alpha value is -3.06. The summed E-state index contributed by atoms with van der Waals surface area (Å²) in [6, 6.07) is 15.6. The van der Waals surface area contributed by atoms with Crippen LogP contribution in [0.2, 0.25) is 0 Å². The van der Waals surface area contributed by atoms with Gasteiger partial charge in [0.2, 0.25) is 11.1 Å². The summed E-state index contributed by atoms with van der Waals surface area (Å²) in [7, 11) is 0. The summed E-state index contributed by atoms with van der Waals surface area (Å²) in [6.07, 6.45) is 0. The van der Waals surface area contributed by atoms with Crippen LogP contribution in [0.3, 0.4) is 0 Å². The number of hydrogen-bond acceptors (Lipinski definition) is 5. The molecule has 1 aliphatic heterocycles. The third-order valence-electron chi connectivity index (χ3n) is 5.14. The number of fused-ring (bicyclic) bond motifs is 1. The first-order valence-electron chi connectivity index (χ1n) is 9.98. The van der Waals surface area contributed by atoms with Crippen LogP contribution in [0, 0.1) is 13.8 Å². The van der Waals surface area contributed by atoms with E-state index in [1.165, 1.54) is 5.56 Å². The number of amides is 1. The van der Waals surface area contributed by atoms with Gasteiger partial charge < -0.3 is 10.6 Å². The molecule has 4 rings (SSSR count). The largest absolute Gasteiger partial charge is 0.328 e. The monoisotopic (exact) mass is 419 g/mol. The number of benzene rings is 2. The zero-order chi connectivity index (χ0) is 21.3. The average Bonchev–Trinajstić information content (AvgIpc) is 3.11. The van der Waals surface area contributed by atoms with Crippen LogP contribution in [0.1, 0.15) is 36.6 Å². The molecule has 0 bridgehead atoms. The van der Waals surface area contributed by atoms with Crippen molar-refractivity contribution in [3.05, 3.63) is 76.5 Å². The second kappa shape index (κ2) is 8.36. The minimum absolute atomic E-state index is 0.147. The number of carbonyl (C=O) groups excluding carboxylic acids is 1. The standard InChI is InChI=1S/C23H25N5OS/c1-5-30-23-26-22-24-16(4)19(21(29)25-18-9-7-6-8-15(18)3)20(28(22)27-23)17-12-10-14(2)11-13-17/h6-13,20H,5H2,1-4H3,(H,25,29)(H,24,26,27)/t20-/m0/s1. The van der Waals surface area contributed by atoms with E-state index in [1.54, 1.807) is 11.8 Å². The molecule has 1 atom stereocenters. The first-order valence-corrected chi connectivity index (χ1v) is 11.0.